The molecule has 2 fully saturated rings. The summed E-state index contributed by atoms with van der Waals surface area (Å²) in [4.78, 5) is 10.5. The summed E-state index contributed by atoms with van der Waals surface area (Å²) in [6.07, 6.45) is 16.3. The third-order valence-corrected chi connectivity index (χ3v) is 6.29. The number of aryl methyl sites for hydroxylation is 2. The molecule has 0 aliphatic heterocycles. The topological polar surface area (TPSA) is 26.3 Å². The van der Waals surface area contributed by atoms with Crippen molar-refractivity contribution in [2.75, 3.05) is 0 Å². The van der Waals surface area contributed by atoms with Gasteiger partial charge in [-0.25, -0.2) is 0 Å². The predicted octanol–water partition coefficient (Wildman–Crippen LogP) is 6.01. The van der Waals surface area contributed by atoms with Crippen molar-refractivity contribution in [3.8, 4) is 0 Å². The molecule has 25 heavy (non-hydrogen) atoms. The van der Waals surface area contributed by atoms with Gasteiger partial charge in [0.25, 0.3) is 6.47 Å². The van der Waals surface area contributed by atoms with Gasteiger partial charge in [-0.15, -0.1) is 0 Å². The van der Waals surface area contributed by atoms with E-state index in [2.05, 4.69) is 31.2 Å². The minimum Gasteiger partial charge on any atom is -0.461 e. The molecule has 0 unspecified atom stereocenters. The van der Waals surface area contributed by atoms with Crippen molar-refractivity contribution in [3.05, 3.63) is 35.4 Å². The molecule has 1 aromatic rings. The van der Waals surface area contributed by atoms with E-state index in [1.165, 1.54) is 62.5 Å². The molecule has 1 aromatic carbocycles. The van der Waals surface area contributed by atoms with Crippen LogP contribution in [0, 0.1) is 5.41 Å². The second-order valence-electron chi connectivity index (χ2n) is 8.80. The molecule has 0 heterocycles. The lowest BCUT2D eigenvalue weighted by Gasteiger charge is -2.12. The van der Waals surface area contributed by atoms with Gasteiger partial charge >= 0.3 is 0 Å². The Balaban J connectivity index is 1.30. The highest BCUT2D eigenvalue weighted by molar-refractivity contribution is 5.39. The monoisotopic (exact) mass is 342 g/mol. The summed E-state index contributed by atoms with van der Waals surface area (Å²) in [5.41, 5.74) is 3.60. The summed E-state index contributed by atoms with van der Waals surface area (Å²) in [5, 5.41) is 0. The van der Waals surface area contributed by atoms with E-state index in [1.54, 1.807) is 0 Å². The van der Waals surface area contributed by atoms with Crippen molar-refractivity contribution < 1.29 is 9.53 Å². The van der Waals surface area contributed by atoms with E-state index in [1.807, 2.05) is 0 Å². The number of ether oxygens (including phenoxy) is 1. The first-order chi connectivity index (χ1) is 12.1. The van der Waals surface area contributed by atoms with Crippen LogP contribution in [0.15, 0.2) is 24.3 Å². The van der Waals surface area contributed by atoms with E-state index in [4.69, 9.17) is 4.74 Å². The van der Waals surface area contributed by atoms with Crippen LogP contribution >= 0.6 is 0 Å². The zero-order valence-electron chi connectivity index (χ0n) is 15.9. The average Bonchev–Trinajstić information content (AvgIpc) is 3.52. The maximum absolute atomic E-state index is 10.5. The Morgan fingerprint density at radius 3 is 2.16 bits per heavy atom. The zero-order chi connectivity index (χ0) is 17.6. The molecule has 2 heteroatoms. The summed E-state index contributed by atoms with van der Waals surface area (Å²) in [6.45, 7) is 3.06. The molecule has 0 atom stereocenters. The highest BCUT2D eigenvalue weighted by atomic mass is 16.5. The van der Waals surface area contributed by atoms with Crippen LogP contribution in [0.3, 0.4) is 0 Å². The smallest absolute Gasteiger partial charge is 0.293 e. The van der Waals surface area contributed by atoms with E-state index in [0.29, 0.717) is 6.47 Å². The van der Waals surface area contributed by atoms with Crippen LogP contribution in [-0.4, -0.2) is 12.1 Å². The standard InChI is InChI=1S/C23H34O2/c1-22(14-15-22)12-5-2-3-8-20-10-7-11-21(18-20)9-4-6-13-23(16-17-23)25-19-24/h7,10-11,18-19H,2-6,8-9,12-17H2,1H3. The fourth-order valence-corrected chi connectivity index (χ4v) is 3.91. The lowest BCUT2D eigenvalue weighted by atomic mass is 9.98. The molecule has 0 radical (unpaired) electrons. The average molecular weight is 343 g/mol. The third-order valence-electron chi connectivity index (χ3n) is 6.29. The summed E-state index contributed by atoms with van der Waals surface area (Å²) in [7, 11) is 0. The van der Waals surface area contributed by atoms with Gasteiger partial charge in [-0.3, -0.25) is 4.79 Å². The number of unbranched alkanes of at least 4 members (excludes halogenated alkanes) is 3. The quantitative estimate of drug-likeness (QED) is 0.324. The van der Waals surface area contributed by atoms with E-state index in [-0.39, 0.29) is 5.60 Å². The summed E-state index contributed by atoms with van der Waals surface area (Å²) in [6, 6.07) is 9.15. The van der Waals surface area contributed by atoms with Crippen LogP contribution in [0.2, 0.25) is 0 Å². The molecule has 2 aliphatic rings. The third kappa shape index (κ3) is 6.17. The molecular formula is C23H34O2. The van der Waals surface area contributed by atoms with Gasteiger partial charge in [0.2, 0.25) is 0 Å². The molecule has 3 rings (SSSR count). The molecular weight excluding hydrogens is 308 g/mol. The minimum absolute atomic E-state index is 0.0822. The summed E-state index contributed by atoms with van der Waals surface area (Å²) >= 11 is 0. The number of hydrogen-bond acceptors (Lipinski definition) is 2. The Hall–Kier alpha value is -1.31. The lowest BCUT2D eigenvalue weighted by Crippen LogP contribution is -2.12. The van der Waals surface area contributed by atoms with Gasteiger partial charge in [0.1, 0.15) is 5.60 Å². The fraction of sp³-hybridized carbons (Fsp3) is 0.696. The van der Waals surface area contributed by atoms with Gasteiger partial charge in [-0.05, 0) is 87.2 Å². The first-order valence-corrected chi connectivity index (χ1v) is 10.3. The number of carbonyl (C=O) groups excluding carboxylic acids is 1. The maximum atomic E-state index is 10.5. The van der Waals surface area contributed by atoms with Crippen molar-refractivity contribution in [3.63, 3.8) is 0 Å². The lowest BCUT2D eigenvalue weighted by molar-refractivity contribution is -0.135. The van der Waals surface area contributed by atoms with Gasteiger partial charge in [0.05, 0.1) is 0 Å². The maximum Gasteiger partial charge on any atom is 0.293 e. The number of benzene rings is 1. The van der Waals surface area contributed by atoms with Crippen molar-refractivity contribution >= 4 is 6.47 Å². The molecule has 0 amide bonds. The first kappa shape index (κ1) is 18.5. The van der Waals surface area contributed by atoms with Crippen LogP contribution in [0.25, 0.3) is 0 Å². The zero-order valence-corrected chi connectivity index (χ0v) is 15.9. The van der Waals surface area contributed by atoms with Gasteiger partial charge < -0.3 is 4.74 Å². The summed E-state index contributed by atoms with van der Waals surface area (Å²) in [5.74, 6) is 0. The molecule has 2 aliphatic carbocycles. The normalized spacial score (nSPS) is 19.4. The Bertz CT molecular complexity index is 555. The Morgan fingerprint density at radius 2 is 1.56 bits per heavy atom. The SMILES string of the molecule is CC1(CCCCCc2cccc(CCCCC3(OC=O)CC3)c2)CC1. The minimum atomic E-state index is -0.0822. The second-order valence-corrected chi connectivity index (χ2v) is 8.80. The van der Waals surface area contributed by atoms with E-state index in [0.717, 1.165) is 37.5 Å². The van der Waals surface area contributed by atoms with E-state index in [9.17, 15) is 4.79 Å². The number of carbonyl (C=O) groups is 1. The fourth-order valence-electron chi connectivity index (χ4n) is 3.91. The predicted molar refractivity (Wildman–Crippen MR) is 103 cm³/mol. The number of rotatable bonds is 13. The van der Waals surface area contributed by atoms with Crippen LogP contribution in [0.4, 0.5) is 0 Å². The molecule has 2 saturated carbocycles. The molecule has 0 N–H and O–H groups in total. The highest BCUT2D eigenvalue weighted by Gasteiger charge is 2.44. The van der Waals surface area contributed by atoms with Crippen LogP contribution in [-0.2, 0) is 22.4 Å². The molecule has 0 spiro atoms. The molecule has 0 bridgehead atoms. The van der Waals surface area contributed by atoms with Crippen LogP contribution < -0.4 is 0 Å². The number of hydrogen-bond donors (Lipinski definition) is 0. The van der Waals surface area contributed by atoms with Crippen molar-refractivity contribution in [2.24, 2.45) is 5.41 Å². The van der Waals surface area contributed by atoms with Crippen molar-refractivity contribution in [1.29, 1.82) is 0 Å². The Labute approximate surface area is 153 Å². The molecule has 0 saturated heterocycles. The van der Waals surface area contributed by atoms with Crippen molar-refractivity contribution in [1.82, 2.24) is 0 Å². The Kier molecular flexibility index (Phi) is 6.19. The van der Waals surface area contributed by atoms with E-state index < -0.39 is 0 Å². The van der Waals surface area contributed by atoms with Crippen LogP contribution in [0.1, 0.15) is 88.7 Å². The van der Waals surface area contributed by atoms with Gasteiger partial charge in [0.15, 0.2) is 0 Å². The van der Waals surface area contributed by atoms with Gasteiger partial charge in [0, 0.05) is 0 Å². The van der Waals surface area contributed by atoms with Crippen LogP contribution in [0.5, 0.6) is 0 Å². The molecule has 2 nitrogen and oxygen atoms in total. The summed E-state index contributed by atoms with van der Waals surface area (Å²) < 4.78 is 5.22. The van der Waals surface area contributed by atoms with Gasteiger partial charge in [-0.1, -0.05) is 44.0 Å². The van der Waals surface area contributed by atoms with Gasteiger partial charge in [-0.2, -0.15) is 0 Å². The first-order valence-electron chi connectivity index (χ1n) is 10.3. The largest absolute Gasteiger partial charge is 0.461 e. The highest BCUT2D eigenvalue weighted by Crippen LogP contribution is 2.49. The van der Waals surface area contributed by atoms with Crippen molar-refractivity contribution in [2.45, 2.75) is 96.0 Å². The second kappa shape index (κ2) is 8.38. The molecule has 138 valence electrons. The van der Waals surface area contributed by atoms with E-state index >= 15 is 0 Å². The Morgan fingerprint density at radius 1 is 0.920 bits per heavy atom. The molecule has 0 aromatic heterocycles.